The smallest absolute Gasteiger partial charge is 0.240 e. The van der Waals surface area contributed by atoms with Gasteiger partial charge < -0.3 is 5.32 Å². The van der Waals surface area contributed by atoms with Gasteiger partial charge in [0, 0.05) is 13.0 Å². The molecule has 0 aliphatic carbocycles. The fraction of sp³-hybridized carbons (Fsp3) is 0.316. The maximum atomic E-state index is 12.1. The Morgan fingerprint density at radius 2 is 1.76 bits per heavy atom. The van der Waals surface area contributed by atoms with Crippen molar-refractivity contribution in [2.75, 3.05) is 6.54 Å². The zero-order valence-electron chi connectivity index (χ0n) is 14.7. The van der Waals surface area contributed by atoms with Crippen molar-refractivity contribution in [3.8, 4) is 0 Å². The van der Waals surface area contributed by atoms with Crippen LogP contribution < -0.4 is 10.0 Å². The zero-order chi connectivity index (χ0) is 18.4. The first-order valence-corrected chi connectivity index (χ1v) is 9.69. The van der Waals surface area contributed by atoms with Crippen molar-refractivity contribution in [2.24, 2.45) is 0 Å². The second kappa shape index (κ2) is 8.27. The van der Waals surface area contributed by atoms with Crippen molar-refractivity contribution in [3.05, 3.63) is 65.2 Å². The molecule has 1 amide bonds. The first-order valence-electron chi connectivity index (χ1n) is 8.21. The van der Waals surface area contributed by atoms with Gasteiger partial charge in [0.1, 0.15) is 0 Å². The summed E-state index contributed by atoms with van der Waals surface area (Å²) in [5, 5.41) is 2.92. The molecule has 6 heteroatoms. The number of benzene rings is 2. The number of carbonyl (C=O) groups is 1. The molecule has 0 saturated carbocycles. The summed E-state index contributed by atoms with van der Waals surface area (Å²) in [5.41, 5.74) is 3.32. The molecule has 0 heterocycles. The summed E-state index contributed by atoms with van der Waals surface area (Å²) in [5.74, 6) is -0.191. The van der Waals surface area contributed by atoms with Crippen LogP contribution in [-0.2, 0) is 14.8 Å². The fourth-order valence-corrected chi connectivity index (χ4v) is 3.65. The van der Waals surface area contributed by atoms with E-state index in [4.69, 9.17) is 0 Å². The van der Waals surface area contributed by atoms with Crippen molar-refractivity contribution in [1.29, 1.82) is 0 Å². The van der Waals surface area contributed by atoms with Gasteiger partial charge in [-0.3, -0.25) is 4.79 Å². The second-order valence-corrected chi connectivity index (χ2v) is 7.88. The Kier molecular flexibility index (Phi) is 6.33. The van der Waals surface area contributed by atoms with Crippen molar-refractivity contribution in [2.45, 2.75) is 38.1 Å². The Morgan fingerprint density at radius 3 is 2.44 bits per heavy atom. The molecule has 0 fully saturated rings. The largest absolute Gasteiger partial charge is 0.350 e. The molecular formula is C19H24N2O3S. The lowest BCUT2D eigenvalue weighted by Crippen LogP contribution is -2.32. The number of carbonyl (C=O) groups excluding carboxylic acids is 1. The lowest BCUT2D eigenvalue weighted by Gasteiger charge is -2.17. The molecule has 2 rings (SSSR count). The van der Waals surface area contributed by atoms with Crippen LogP contribution in [0, 0.1) is 13.8 Å². The normalized spacial score (nSPS) is 12.6. The van der Waals surface area contributed by atoms with Crippen molar-refractivity contribution in [3.63, 3.8) is 0 Å². The molecule has 0 aliphatic rings. The van der Waals surface area contributed by atoms with Gasteiger partial charge >= 0.3 is 0 Å². The lowest BCUT2D eigenvalue weighted by atomic mass is 10.00. The first kappa shape index (κ1) is 19.1. The quantitative estimate of drug-likeness (QED) is 0.797. The van der Waals surface area contributed by atoms with Gasteiger partial charge in [-0.1, -0.05) is 42.0 Å². The predicted octanol–water partition coefficient (Wildman–Crippen LogP) is 2.85. The van der Waals surface area contributed by atoms with E-state index in [1.807, 2.05) is 32.9 Å². The molecule has 2 aromatic rings. The number of nitrogens with one attached hydrogen (secondary N) is 2. The van der Waals surface area contributed by atoms with E-state index in [1.54, 1.807) is 18.2 Å². The summed E-state index contributed by atoms with van der Waals surface area (Å²) >= 11 is 0. The first-order chi connectivity index (χ1) is 11.8. The molecule has 2 aromatic carbocycles. The number of hydrogen-bond acceptors (Lipinski definition) is 3. The molecule has 0 bridgehead atoms. The Bertz CT molecular complexity index is 833. The summed E-state index contributed by atoms with van der Waals surface area (Å²) in [7, 11) is -3.58. The summed E-state index contributed by atoms with van der Waals surface area (Å²) < 4.78 is 26.6. The van der Waals surface area contributed by atoms with Gasteiger partial charge in [0.05, 0.1) is 10.9 Å². The standard InChI is InChI=1S/C19H24N2O3S/c1-14-9-10-15(2)18(13-14)16(3)21-19(22)11-12-20-25(23,24)17-7-5-4-6-8-17/h4-10,13,16,20H,11-12H2,1-3H3,(H,21,22). The van der Waals surface area contributed by atoms with E-state index in [0.29, 0.717) is 0 Å². The molecule has 0 spiro atoms. The number of aryl methyl sites for hydroxylation is 2. The van der Waals surface area contributed by atoms with Gasteiger partial charge in [-0.2, -0.15) is 0 Å². The predicted molar refractivity (Wildman–Crippen MR) is 98.7 cm³/mol. The van der Waals surface area contributed by atoms with Gasteiger partial charge in [0.2, 0.25) is 15.9 Å². The summed E-state index contributed by atoms with van der Waals surface area (Å²) in [6.07, 6.45) is 0.0846. The number of amides is 1. The molecule has 134 valence electrons. The molecule has 1 atom stereocenters. The lowest BCUT2D eigenvalue weighted by molar-refractivity contribution is -0.121. The highest BCUT2D eigenvalue weighted by Gasteiger charge is 2.15. The highest BCUT2D eigenvalue weighted by Crippen LogP contribution is 2.18. The van der Waals surface area contributed by atoms with E-state index in [2.05, 4.69) is 16.1 Å². The zero-order valence-corrected chi connectivity index (χ0v) is 15.6. The second-order valence-electron chi connectivity index (χ2n) is 6.11. The van der Waals surface area contributed by atoms with E-state index >= 15 is 0 Å². The minimum atomic E-state index is -3.58. The summed E-state index contributed by atoms with van der Waals surface area (Å²) in [6, 6.07) is 14.1. The van der Waals surface area contributed by atoms with Crippen LogP contribution >= 0.6 is 0 Å². The van der Waals surface area contributed by atoms with E-state index in [-0.39, 0.29) is 29.8 Å². The highest BCUT2D eigenvalue weighted by molar-refractivity contribution is 7.89. The molecule has 0 radical (unpaired) electrons. The molecule has 5 nitrogen and oxygen atoms in total. The van der Waals surface area contributed by atoms with Crippen LogP contribution in [0.15, 0.2) is 53.4 Å². The van der Waals surface area contributed by atoms with Gasteiger partial charge in [-0.05, 0) is 44.0 Å². The van der Waals surface area contributed by atoms with Crippen molar-refractivity contribution < 1.29 is 13.2 Å². The molecule has 0 aromatic heterocycles. The highest BCUT2D eigenvalue weighted by atomic mass is 32.2. The van der Waals surface area contributed by atoms with Crippen LogP contribution in [0.1, 0.15) is 36.1 Å². The molecule has 25 heavy (non-hydrogen) atoms. The Hall–Kier alpha value is -2.18. The summed E-state index contributed by atoms with van der Waals surface area (Å²) in [6.45, 7) is 6.00. The average Bonchev–Trinajstić information content (AvgIpc) is 2.57. The van der Waals surface area contributed by atoms with Crippen LogP contribution in [0.5, 0.6) is 0 Å². The van der Waals surface area contributed by atoms with E-state index in [1.165, 1.54) is 12.1 Å². The van der Waals surface area contributed by atoms with Crippen molar-refractivity contribution >= 4 is 15.9 Å². The van der Waals surface area contributed by atoms with Gasteiger partial charge in [0.25, 0.3) is 0 Å². The Labute approximate surface area is 149 Å². The third-order valence-electron chi connectivity index (χ3n) is 3.98. The number of sulfonamides is 1. The number of rotatable bonds is 7. The van der Waals surface area contributed by atoms with Gasteiger partial charge in [0.15, 0.2) is 0 Å². The SMILES string of the molecule is Cc1ccc(C)c(C(C)NC(=O)CCNS(=O)(=O)c2ccccc2)c1. The maximum absolute atomic E-state index is 12.1. The minimum Gasteiger partial charge on any atom is -0.350 e. The third kappa shape index (κ3) is 5.41. The average molecular weight is 360 g/mol. The number of hydrogen-bond donors (Lipinski definition) is 2. The van der Waals surface area contributed by atoms with Crippen LogP contribution in [0.3, 0.4) is 0 Å². The molecule has 2 N–H and O–H groups in total. The van der Waals surface area contributed by atoms with E-state index in [0.717, 1.165) is 16.7 Å². The Balaban J connectivity index is 1.87. The molecule has 0 saturated heterocycles. The fourth-order valence-electron chi connectivity index (χ4n) is 2.60. The molecule has 1 unspecified atom stereocenters. The van der Waals surface area contributed by atoms with Gasteiger partial charge in [-0.15, -0.1) is 0 Å². The van der Waals surface area contributed by atoms with Crippen LogP contribution in [0.4, 0.5) is 0 Å². The van der Waals surface area contributed by atoms with Crippen molar-refractivity contribution in [1.82, 2.24) is 10.0 Å². The Morgan fingerprint density at radius 1 is 1.08 bits per heavy atom. The summed E-state index contributed by atoms with van der Waals surface area (Å²) in [4.78, 5) is 12.3. The molecule has 0 aliphatic heterocycles. The minimum absolute atomic E-state index is 0.0581. The third-order valence-corrected chi connectivity index (χ3v) is 5.45. The topological polar surface area (TPSA) is 75.3 Å². The van der Waals surface area contributed by atoms with Crippen LogP contribution in [-0.4, -0.2) is 20.9 Å². The van der Waals surface area contributed by atoms with Crippen LogP contribution in [0.25, 0.3) is 0 Å². The van der Waals surface area contributed by atoms with Crippen LogP contribution in [0.2, 0.25) is 0 Å². The van der Waals surface area contributed by atoms with E-state index in [9.17, 15) is 13.2 Å². The molecular weight excluding hydrogens is 336 g/mol. The van der Waals surface area contributed by atoms with E-state index < -0.39 is 10.0 Å². The monoisotopic (exact) mass is 360 g/mol. The van der Waals surface area contributed by atoms with Gasteiger partial charge in [-0.25, -0.2) is 13.1 Å². The maximum Gasteiger partial charge on any atom is 0.240 e.